The van der Waals surface area contributed by atoms with E-state index in [9.17, 15) is 0 Å². The molecule has 2 aliphatic heterocycles. The Morgan fingerprint density at radius 3 is 2.58 bits per heavy atom. The number of aryl methyl sites for hydroxylation is 2. The van der Waals surface area contributed by atoms with Gasteiger partial charge in [0.1, 0.15) is 0 Å². The van der Waals surface area contributed by atoms with Gasteiger partial charge in [0.25, 0.3) is 0 Å². The van der Waals surface area contributed by atoms with Crippen molar-refractivity contribution < 1.29 is 4.74 Å². The SMILES string of the molecule is Cc1cccc(C)c1NC1=NC2(CCOCC2)CS1. The van der Waals surface area contributed by atoms with Crippen LogP contribution < -0.4 is 5.32 Å². The fourth-order valence-electron chi connectivity index (χ4n) is 2.67. The lowest BCUT2D eigenvalue weighted by Gasteiger charge is -2.29. The molecule has 1 aromatic carbocycles. The number of nitrogens with zero attached hydrogens (tertiary/aromatic N) is 1. The van der Waals surface area contributed by atoms with Crippen LogP contribution in [0.3, 0.4) is 0 Å². The van der Waals surface area contributed by atoms with E-state index < -0.39 is 0 Å². The Morgan fingerprint density at radius 1 is 1.21 bits per heavy atom. The lowest BCUT2D eigenvalue weighted by molar-refractivity contribution is 0.0624. The highest BCUT2D eigenvalue weighted by atomic mass is 32.2. The molecule has 3 rings (SSSR count). The Labute approximate surface area is 118 Å². The molecule has 4 heteroatoms. The van der Waals surface area contributed by atoms with Gasteiger partial charge in [0.05, 0.1) is 5.54 Å². The van der Waals surface area contributed by atoms with Crippen molar-refractivity contribution in [2.45, 2.75) is 32.2 Å². The van der Waals surface area contributed by atoms with Gasteiger partial charge in [-0.25, -0.2) is 0 Å². The van der Waals surface area contributed by atoms with Gasteiger partial charge in [-0.2, -0.15) is 0 Å². The molecule has 0 atom stereocenters. The number of nitrogens with one attached hydrogen (secondary N) is 1. The maximum atomic E-state index is 5.45. The molecule has 0 aromatic heterocycles. The zero-order valence-corrected chi connectivity index (χ0v) is 12.3. The summed E-state index contributed by atoms with van der Waals surface area (Å²) >= 11 is 1.84. The van der Waals surface area contributed by atoms with Gasteiger partial charge in [-0.3, -0.25) is 4.99 Å². The molecule has 0 aliphatic carbocycles. The molecule has 3 nitrogen and oxygen atoms in total. The van der Waals surface area contributed by atoms with Crippen LogP contribution in [0.25, 0.3) is 0 Å². The largest absolute Gasteiger partial charge is 0.381 e. The second-order valence-electron chi connectivity index (χ2n) is 5.43. The standard InChI is InChI=1S/C15H20N2OS/c1-11-4-3-5-12(2)13(11)16-14-17-15(10-19-14)6-8-18-9-7-15/h3-5H,6-10H2,1-2H3,(H,16,17). The molecule has 2 heterocycles. The average Bonchev–Trinajstić information content (AvgIpc) is 2.78. The summed E-state index contributed by atoms with van der Waals surface area (Å²) in [5.74, 6) is 1.09. The molecule has 0 saturated carbocycles. The van der Waals surface area contributed by atoms with E-state index >= 15 is 0 Å². The molecular weight excluding hydrogens is 256 g/mol. The van der Waals surface area contributed by atoms with Crippen LogP contribution in [0.5, 0.6) is 0 Å². The fourth-order valence-corrected chi connectivity index (χ4v) is 3.86. The number of amidine groups is 1. The summed E-state index contributed by atoms with van der Waals surface area (Å²) in [7, 11) is 0. The van der Waals surface area contributed by atoms with Gasteiger partial charge in [-0.1, -0.05) is 30.0 Å². The van der Waals surface area contributed by atoms with E-state index in [4.69, 9.17) is 9.73 Å². The Kier molecular flexibility index (Phi) is 3.54. The molecule has 0 bridgehead atoms. The van der Waals surface area contributed by atoms with Crippen molar-refractivity contribution in [2.75, 3.05) is 24.3 Å². The lowest BCUT2D eigenvalue weighted by atomic mass is 9.93. The zero-order chi connectivity index (χ0) is 13.3. The minimum Gasteiger partial charge on any atom is -0.381 e. The molecule has 0 radical (unpaired) electrons. The summed E-state index contributed by atoms with van der Waals surface area (Å²) in [6.07, 6.45) is 2.11. The Morgan fingerprint density at radius 2 is 1.89 bits per heavy atom. The molecule has 102 valence electrons. The minimum absolute atomic E-state index is 0.127. The van der Waals surface area contributed by atoms with Crippen LogP contribution in [0.15, 0.2) is 23.2 Å². The molecule has 1 saturated heterocycles. The fraction of sp³-hybridized carbons (Fsp3) is 0.533. The smallest absolute Gasteiger partial charge is 0.161 e. The highest BCUT2D eigenvalue weighted by molar-refractivity contribution is 8.14. The van der Waals surface area contributed by atoms with Gasteiger partial charge < -0.3 is 10.1 Å². The highest BCUT2D eigenvalue weighted by Gasteiger charge is 2.37. The van der Waals surface area contributed by atoms with Gasteiger partial charge in [0.15, 0.2) is 5.17 Å². The average molecular weight is 276 g/mol. The van der Waals surface area contributed by atoms with E-state index in [0.717, 1.165) is 37.0 Å². The van der Waals surface area contributed by atoms with Gasteiger partial charge in [-0.15, -0.1) is 0 Å². The zero-order valence-electron chi connectivity index (χ0n) is 11.5. The predicted octanol–water partition coefficient (Wildman–Crippen LogP) is 3.37. The maximum Gasteiger partial charge on any atom is 0.161 e. The maximum absolute atomic E-state index is 5.45. The summed E-state index contributed by atoms with van der Waals surface area (Å²) in [6, 6.07) is 6.37. The number of benzene rings is 1. The number of aliphatic imine (C=N–C) groups is 1. The van der Waals surface area contributed by atoms with Crippen molar-refractivity contribution in [2.24, 2.45) is 4.99 Å². The first-order valence-corrected chi connectivity index (χ1v) is 7.81. The minimum atomic E-state index is 0.127. The van der Waals surface area contributed by atoms with Crippen molar-refractivity contribution in [3.05, 3.63) is 29.3 Å². The van der Waals surface area contributed by atoms with Crippen molar-refractivity contribution in [1.29, 1.82) is 0 Å². The second kappa shape index (κ2) is 5.17. The van der Waals surface area contributed by atoms with Crippen LogP contribution in [0, 0.1) is 13.8 Å². The van der Waals surface area contributed by atoms with Crippen molar-refractivity contribution >= 4 is 22.6 Å². The Balaban J connectivity index is 1.79. The number of hydrogen-bond acceptors (Lipinski definition) is 4. The van der Waals surface area contributed by atoms with E-state index in [1.54, 1.807) is 0 Å². The Bertz CT molecular complexity index is 487. The molecule has 2 aliphatic rings. The molecule has 0 amide bonds. The summed E-state index contributed by atoms with van der Waals surface area (Å²) in [5, 5.41) is 4.59. The molecule has 19 heavy (non-hydrogen) atoms. The van der Waals surface area contributed by atoms with Crippen LogP contribution in [0.2, 0.25) is 0 Å². The van der Waals surface area contributed by atoms with Gasteiger partial charge in [0, 0.05) is 24.7 Å². The van der Waals surface area contributed by atoms with Gasteiger partial charge >= 0.3 is 0 Å². The first-order chi connectivity index (χ1) is 9.19. The topological polar surface area (TPSA) is 33.6 Å². The lowest BCUT2D eigenvalue weighted by Crippen LogP contribution is -2.34. The number of para-hydroxylation sites is 1. The van der Waals surface area contributed by atoms with E-state index in [0.29, 0.717) is 0 Å². The number of hydrogen-bond donors (Lipinski definition) is 1. The van der Waals surface area contributed by atoms with Crippen LogP contribution in [-0.2, 0) is 4.74 Å². The van der Waals surface area contributed by atoms with Crippen LogP contribution in [0.1, 0.15) is 24.0 Å². The second-order valence-corrected chi connectivity index (χ2v) is 6.40. The third-order valence-electron chi connectivity index (χ3n) is 3.95. The monoisotopic (exact) mass is 276 g/mol. The molecule has 1 spiro atoms. The first kappa shape index (κ1) is 13.0. The van der Waals surface area contributed by atoms with E-state index in [-0.39, 0.29) is 5.54 Å². The van der Waals surface area contributed by atoms with Crippen LogP contribution in [0.4, 0.5) is 5.69 Å². The molecular formula is C15H20N2OS. The third-order valence-corrected chi connectivity index (χ3v) is 5.10. The van der Waals surface area contributed by atoms with Crippen LogP contribution >= 0.6 is 11.8 Å². The van der Waals surface area contributed by atoms with Crippen LogP contribution in [-0.4, -0.2) is 29.7 Å². The molecule has 1 aromatic rings. The third kappa shape index (κ3) is 2.65. The highest BCUT2D eigenvalue weighted by Crippen LogP contribution is 2.36. The first-order valence-electron chi connectivity index (χ1n) is 6.82. The molecule has 1 fully saturated rings. The van der Waals surface area contributed by atoms with Crippen molar-refractivity contribution in [3.8, 4) is 0 Å². The van der Waals surface area contributed by atoms with E-state index in [1.807, 2.05) is 11.8 Å². The van der Waals surface area contributed by atoms with E-state index in [2.05, 4.69) is 37.4 Å². The van der Waals surface area contributed by atoms with Gasteiger partial charge in [0.2, 0.25) is 0 Å². The number of anilines is 1. The van der Waals surface area contributed by atoms with Crippen molar-refractivity contribution in [1.82, 2.24) is 0 Å². The number of ether oxygens (including phenoxy) is 1. The quantitative estimate of drug-likeness (QED) is 0.854. The molecule has 0 unspecified atom stereocenters. The normalized spacial score (nSPS) is 21.5. The van der Waals surface area contributed by atoms with Gasteiger partial charge in [-0.05, 0) is 37.8 Å². The van der Waals surface area contributed by atoms with Crippen molar-refractivity contribution in [3.63, 3.8) is 0 Å². The summed E-state index contributed by atoms with van der Waals surface area (Å²) in [6.45, 7) is 5.97. The number of rotatable bonds is 1. The summed E-state index contributed by atoms with van der Waals surface area (Å²) in [5.41, 5.74) is 3.88. The Hall–Kier alpha value is -1.000. The number of thioether (sulfide) groups is 1. The summed E-state index contributed by atoms with van der Waals surface area (Å²) in [4.78, 5) is 4.95. The predicted molar refractivity (Wildman–Crippen MR) is 82.2 cm³/mol. The summed E-state index contributed by atoms with van der Waals surface area (Å²) < 4.78 is 5.45. The van der Waals surface area contributed by atoms with E-state index in [1.165, 1.54) is 16.8 Å². The molecule has 1 N–H and O–H groups in total.